The minimum Gasteiger partial charge on any atom is -0.481 e. The van der Waals surface area contributed by atoms with E-state index in [1.165, 1.54) is 18.3 Å². The lowest BCUT2D eigenvalue weighted by atomic mass is 10.1. The first-order valence-corrected chi connectivity index (χ1v) is 7.21. The van der Waals surface area contributed by atoms with Crippen LogP contribution in [0.1, 0.15) is 0 Å². The second kappa shape index (κ2) is 5.41. The summed E-state index contributed by atoms with van der Waals surface area (Å²) in [6.07, 6.45) is 1.36. The first-order valence-electron chi connectivity index (χ1n) is 5.35. The number of aliphatic carboxylic acids is 1. The first kappa shape index (κ1) is 14.2. The number of nitrogens with zero attached hydrogens (tertiary/aromatic N) is 1. The highest BCUT2D eigenvalue weighted by Gasteiger charge is 2.37. The lowest BCUT2D eigenvalue weighted by Crippen LogP contribution is -2.42. The molecule has 1 aromatic rings. The van der Waals surface area contributed by atoms with Crippen LogP contribution >= 0.6 is 11.6 Å². The molecule has 0 spiro atoms. The minimum absolute atomic E-state index is 0.00801. The molecule has 1 aliphatic heterocycles. The fourth-order valence-electron chi connectivity index (χ4n) is 1.75. The Hall–Kier alpha value is -1.22. The van der Waals surface area contributed by atoms with E-state index in [0.29, 0.717) is 0 Å². The van der Waals surface area contributed by atoms with Crippen LogP contribution in [0.5, 0.6) is 0 Å². The van der Waals surface area contributed by atoms with Gasteiger partial charge in [-0.3, -0.25) is 4.79 Å². The Kier molecular flexibility index (Phi) is 4.04. The van der Waals surface area contributed by atoms with Crippen LogP contribution in [-0.2, 0) is 19.6 Å². The van der Waals surface area contributed by atoms with E-state index in [-0.39, 0.29) is 23.3 Å². The van der Waals surface area contributed by atoms with Gasteiger partial charge < -0.3 is 9.84 Å². The van der Waals surface area contributed by atoms with Gasteiger partial charge in [-0.25, -0.2) is 18.1 Å². The molecule has 2 unspecified atom stereocenters. The quantitative estimate of drug-likeness (QED) is 0.765. The number of carbonyl (C=O) groups is 1. The summed E-state index contributed by atoms with van der Waals surface area (Å²) in [6, 6.07) is 1.91. The Morgan fingerprint density at radius 3 is 2.89 bits per heavy atom. The van der Waals surface area contributed by atoms with E-state index in [4.69, 9.17) is 21.4 Å². The second-order valence-corrected chi connectivity index (χ2v) is 6.04. The van der Waals surface area contributed by atoms with Crippen LogP contribution in [0.15, 0.2) is 23.2 Å². The van der Waals surface area contributed by atoms with Crippen LogP contribution in [0.2, 0.25) is 5.15 Å². The average Bonchev–Trinajstić information content (AvgIpc) is 2.76. The highest BCUT2D eigenvalue weighted by Crippen LogP contribution is 2.21. The van der Waals surface area contributed by atoms with Crippen molar-refractivity contribution < 1.29 is 23.1 Å². The van der Waals surface area contributed by atoms with Crippen molar-refractivity contribution >= 4 is 27.6 Å². The highest BCUT2D eigenvalue weighted by molar-refractivity contribution is 7.89. The van der Waals surface area contributed by atoms with Gasteiger partial charge in [0.1, 0.15) is 10.0 Å². The van der Waals surface area contributed by atoms with Crippen LogP contribution in [0.25, 0.3) is 0 Å². The Labute approximate surface area is 114 Å². The third-order valence-electron chi connectivity index (χ3n) is 2.72. The number of ether oxygens (including phenoxy) is 1. The molecule has 19 heavy (non-hydrogen) atoms. The van der Waals surface area contributed by atoms with Gasteiger partial charge in [-0.05, 0) is 12.1 Å². The number of nitrogens with one attached hydrogen (secondary N) is 1. The van der Waals surface area contributed by atoms with Crippen LogP contribution < -0.4 is 4.72 Å². The molecule has 1 aromatic heterocycles. The van der Waals surface area contributed by atoms with Crippen molar-refractivity contribution in [2.45, 2.75) is 10.9 Å². The number of carboxylic acid groups (broad SMARTS) is 1. The molecule has 0 saturated carbocycles. The molecule has 9 heteroatoms. The van der Waals surface area contributed by atoms with E-state index in [0.717, 1.165) is 0 Å². The summed E-state index contributed by atoms with van der Waals surface area (Å²) in [4.78, 5) is 14.4. The third-order valence-corrected chi connectivity index (χ3v) is 4.65. The van der Waals surface area contributed by atoms with Gasteiger partial charge in [0, 0.05) is 6.20 Å². The maximum atomic E-state index is 12.1. The Morgan fingerprint density at radius 1 is 1.53 bits per heavy atom. The molecule has 0 radical (unpaired) electrons. The van der Waals surface area contributed by atoms with Gasteiger partial charge in [-0.1, -0.05) is 11.6 Å². The molecular formula is C10H11ClN2O5S. The summed E-state index contributed by atoms with van der Waals surface area (Å²) in [5.74, 6) is -2.02. The second-order valence-electron chi connectivity index (χ2n) is 4.00. The van der Waals surface area contributed by atoms with Crippen molar-refractivity contribution in [3.05, 3.63) is 23.5 Å². The van der Waals surface area contributed by atoms with Crippen molar-refractivity contribution in [1.29, 1.82) is 0 Å². The summed E-state index contributed by atoms with van der Waals surface area (Å²) in [7, 11) is -3.93. The van der Waals surface area contributed by atoms with Crippen molar-refractivity contribution in [3.63, 3.8) is 0 Å². The van der Waals surface area contributed by atoms with Crippen molar-refractivity contribution in [2.24, 2.45) is 5.92 Å². The van der Waals surface area contributed by atoms with Gasteiger partial charge in [0.05, 0.1) is 25.2 Å². The number of hydrogen-bond acceptors (Lipinski definition) is 5. The molecule has 0 aliphatic carbocycles. The lowest BCUT2D eigenvalue weighted by Gasteiger charge is -2.16. The van der Waals surface area contributed by atoms with E-state index in [1.807, 2.05) is 0 Å². The molecule has 1 fully saturated rings. The summed E-state index contributed by atoms with van der Waals surface area (Å²) in [6.45, 7) is -0.0165. The maximum absolute atomic E-state index is 12.1. The Bertz CT molecular complexity index is 591. The van der Waals surface area contributed by atoms with Crippen LogP contribution in [0, 0.1) is 5.92 Å². The number of sulfonamides is 1. The molecule has 0 amide bonds. The number of aromatic nitrogens is 1. The summed E-state index contributed by atoms with van der Waals surface area (Å²) in [5.41, 5.74) is 0. The van der Waals surface area contributed by atoms with Crippen LogP contribution in [0.3, 0.4) is 0 Å². The molecule has 0 bridgehead atoms. The topological polar surface area (TPSA) is 106 Å². The predicted molar refractivity (Wildman–Crippen MR) is 65.3 cm³/mol. The number of rotatable bonds is 4. The first-order chi connectivity index (χ1) is 8.92. The van der Waals surface area contributed by atoms with Gasteiger partial charge in [-0.15, -0.1) is 0 Å². The van der Waals surface area contributed by atoms with Gasteiger partial charge in [0.15, 0.2) is 0 Å². The van der Waals surface area contributed by atoms with E-state index in [9.17, 15) is 13.2 Å². The zero-order chi connectivity index (χ0) is 14.0. The zero-order valence-electron chi connectivity index (χ0n) is 9.61. The smallest absolute Gasteiger partial charge is 0.310 e. The van der Waals surface area contributed by atoms with E-state index in [2.05, 4.69) is 9.71 Å². The molecule has 104 valence electrons. The average molecular weight is 307 g/mol. The summed E-state index contributed by atoms with van der Waals surface area (Å²) < 4.78 is 31.5. The molecule has 2 heterocycles. The van der Waals surface area contributed by atoms with Gasteiger partial charge in [0.25, 0.3) is 0 Å². The van der Waals surface area contributed by atoms with E-state index >= 15 is 0 Å². The maximum Gasteiger partial charge on any atom is 0.310 e. The van der Waals surface area contributed by atoms with Gasteiger partial charge in [0.2, 0.25) is 10.0 Å². The normalized spacial score (nSPS) is 23.4. The van der Waals surface area contributed by atoms with E-state index in [1.54, 1.807) is 0 Å². The molecule has 7 nitrogen and oxygen atoms in total. The Balaban J connectivity index is 2.23. The monoisotopic (exact) mass is 306 g/mol. The predicted octanol–water partition coefficient (Wildman–Crippen LogP) is 0.113. The number of carboxylic acids is 1. The third kappa shape index (κ3) is 3.03. The summed E-state index contributed by atoms with van der Waals surface area (Å²) in [5, 5.41) is 8.79. The molecular weight excluding hydrogens is 296 g/mol. The fraction of sp³-hybridized carbons (Fsp3) is 0.400. The highest BCUT2D eigenvalue weighted by atomic mass is 35.5. The van der Waals surface area contributed by atoms with Crippen molar-refractivity contribution in [2.75, 3.05) is 13.2 Å². The van der Waals surface area contributed by atoms with E-state index < -0.39 is 28.0 Å². The molecule has 1 saturated heterocycles. The largest absolute Gasteiger partial charge is 0.481 e. The van der Waals surface area contributed by atoms with Gasteiger partial charge >= 0.3 is 5.97 Å². The molecule has 2 rings (SSSR count). The summed E-state index contributed by atoms with van der Waals surface area (Å²) >= 11 is 5.72. The molecule has 1 aliphatic rings. The molecule has 2 atom stereocenters. The SMILES string of the molecule is O=C(O)C1COCC1NS(=O)(=O)c1cccnc1Cl. The number of hydrogen-bond donors (Lipinski definition) is 2. The number of halogens is 1. The van der Waals surface area contributed by atoms with Crippen LogP contribution in [0.4, 0.5) is 0 Å². The fourth-order valence-corrected chi connectivity index (χ4v) is 3.46. The minimum atomic E-state index is -3.93. The van der Waals surface area contributed by atoms with Crippen molar-refractivity contribution in [3.8, 4) is 0 Å². The standard InChI is InChI=1S/C10H11ClN2O5S/c11-9-8(2-1-3-12-9)19(16,17)13-7-5-18-4-6(7)10(14)15/h1-3,6-7,13H,4-5H2,(H,14,15). The lowest BCUT2D eigenvalue weighted by molar-refractivity contribution is -0.142. The van der Waals surface area contributed by atoms with Gasteiger partial charge in [-0.2, -0.15) is 0 Å². The Morgan fingerprint density at radius 2 is 2.26 bits per heavy atom. The molecule has 2 N–H and O–H groups in total. The van der Waals surface area contributed by atoms with Crippen LogP contribution in [-0.4, -0.2) is 43.7 Å². The zero-order valence-corrected chi connectivity index (χ0v) is 11.2. The van der Waals surface area contributed by atoms with Crippen molar-refractivity contribution in [1.82, 2.24) is 9.71 Å². The molecule has 0 aromatic carbocycles. The number of pyridine rings is 1.